The van der Waals surface area contributed by atoms with Crippen molar-refractivity contribution in [3.63, 3.8) is 0 Å². The smallest absolute Gasteiger partial charge is 0.251 e. The Hall–Kier alpha value is -3.02. The van der Waals surface area contributed by atoms with Crippen LogP contribution < -0.4 is 11.1 Å². The number of carbonyl (C=O) groups is 1. The first-order chi connectivity index (χ1) is 17.1. The van der Waals surface area contributed by atoms with Gasteiger partial charge in [0, 0.05) is 30.6 Å². The summed E-state index contributed by atoms with van der Waals surface area (Å²) in [5, 5.41) is 3.45. The van der Waals surface area contributed by atoms with Crippen LogP contribution in [0.2, 0.25) is 0 Å². The number of hydrogen-bond donors (Lipinski definition) is 2. The molecule has 1 aliphatic rings. The molecule has 0 aliphatic carbocycles. The molecule has 36 heavy (non-hydrogen) atoms. The van der Waals surface area contributed by atoms with E-state index in [4.69, 9.17) is 5.73 Å². The van der Waals surface area contributed by atoms with Gasteiger partial charge < -0.3 is 11.1 Å². The minimum atomic E-state index is -4.18. The summed E-state index contributed by atoms with van der Waals surface area (Å²) in [7, 11) is -4.18. The molecule has 1 saturated heterocycles. The molecule has 11 heteroatoms. The van der Waals surface area contributed by atoms with Crippen molar-refractivity contribution in [3.05, 3.63) is 59.2 Å². The Balaban J connectivity index is 1.70. The van der Waals surface area contributed by atoms with E-state index >= 15 is 8.78 Å². The Morgan fingerprint density at radius 1 is 1.14 bits per heavy atom. The van der Waals surface area contributed by atoms with Gasteiger partial charge in [-0.1, -0.05) is 6.07 Å². The van der Waals surface area contributed by atoms with Crippen LogP contribution in [0, 0.1) is 18.6 Å². The summed E-state index contributed by atoms with van der Waals surface area (Å²) < 4.78 is 70.6. The Morgan fingerprint density at radius 3 is 2.44 bits per heavy atom. The van der Waals surface area contributed by atoms with Crippen molar-refractivity contribution in [1.29, 1.82) is 0 Å². The number of amides is 1. The number of aromatic nitrogens is 1. The second-order valence-electron chi connectivity index (χ2n) is 8.80. The minimum absolute atomic E-state index is 0.0297. The lowest BCUT2D eigenvalue weighted by molar-refractivity contribution is 0.0953. The number of nitrogens with zero attached hydrogens (tertiary/aromatic N) is 2. The van der Waals surface area contributed by atoms with Gasteiger partial charge in [-0.3, -0.25) is 4.79 Å². The molecule has 2 heterocycles. The van der Waals surface area contributed by atoms with E-state index in [1.165, 1.54) is 12.1 Å². The number of pyridine rings is 1. The first-order valence-corrected chi connectivity index (χ1v) is 13.1. The summed E-state index contributed by atoms with van der Waals surface area (Å²) in [5.41, 5.74) is 6.32. The van der Waals surface area contributed by atoms with Gasteiger partial charge in [-0.15, -0.1) is 0 Å². The number of benzene rings is 2. The number of nitrogens with one attached hydrogen (secondary N) is 1. The lowest BCUT2D eigenvalue weighted by Gasteiger charge is -2.28. The average molecular weight is 521 g/mol. The van der Waals surface area contributed by atoms with E-state index in [0.29, 0.717) is 41.5 Å². The molecule has 3 N–H and O–H groups in total. The Labute approximate surface area is 207 Å². The number of rotatable bonds is 7. The molecule has 1 fully saturated rings. The summed E-state index contributed by atoms with van der Waals surface area (Å²) in [6.07, 6.45) is -0.392. The maximum atomic E-state index is 15.2. The van der Waals surface area contributed by atoms with Gasteiger partial charge in [-0.05, 0) is 68.6 Å². The quantitative estimate of drug-likeness (QED) is 0.463. The number of piperidine rings is 1. The van der Waals surface area contributed by atoms with Gasteiger partial charge in [0.2, 0.25) is 10.0 Å². The molecule has 1 aliphatic heterocycles. The third-order valence-electron chi connectivity index (χ3n) is 6.24. The fraction of sp³-hybridized carbons (Fsp3) is 0.360. The number of hydrogen-bond acceptors (Lipinski definition) is 5. The van der Waals surface area contributed by atoms with Crippen LogP contribution in [0.1, 0.15) is 35.2 Å². The maximum absolute atomic E-state index is 15.2. The van der Waals surface area contributed by atoms with E-state index < -0.39 is 38.3 Å². The van der Waals surface area contributed by atoms with E-state index in [0.717, 1.165) is 16.4 Å². The third kappa shape index (κ3) is 5.23. The molecule has 0 bridgehead atoms. The van der Waals surface area contributed by atoms with Crippen LogP contribution >= 0.6 is 0 Å². The van der Waals surface area contributed by atoms with Crippen LogP contribution in [-0.4, -0.2) is 56.0 Å². The van der Waals surface area contributed by atoms with Crippen molar-refractivity contribution in [2.75, 3.05) is 26.2 Å². The van der Waals surface area contributed by atoms with Crippen LogP contribution in [0.25, 0.3) is 22.2 Å². The third-order valence-corrected chi connectivity index (χ3v) is 8.11. The number of aryl methyl sites for hydroxylation is 1. The molecule has 192 valence electrons. The molecule has 0 spiro atoms. The van der Waals surface area contributed by atoms with E-state index in [1.807, 2.05) is 0 Å². The van der Waals surface area contributed by atoms with Gasteiger partial charge in [-0.25, -0.2) is 26.6 Å². The second kappa shape index (κ2) is 10.5. The van der Waals surface area contributed by atoms with Crippen LogP contribution in [0.15, 0.2) is 41.3 Å². The SMILES string of the molecule is Cc1cc(-c2c(F)cc(S(=O)(=O)N3CCC(F)CC3)cc2F)nc2cc(C(=O)NCCCN)ccc12. The molecule has 0 saturated carbocycles. The zero-order chi connectivity index (χ0) is 26.0. The number of alkyl halides is 1. The monoisotopic (exact) mass is 520 g/mol. The zero-order valence-electron chi connectivity index (χ0n) is 19.7. The van der Waals surface area contributed by atoms with Gasteiger partial charge in [0.25, 0.3) is 5.91 Å². The van der Waals surface area contributed by atoms with Gasteiger partial charge in [-0.2, -0.15) is 4.31 Å². The minimum Gasteiger partial charge on any atom is -0.352 e. The summed E-state index contributed by atoms with van der Waals surface area (Å²) in [5.74, 6) is -2.49. The standard InChI is InChI=1S/C25H27F3N4O3S/c1-15-11-23(31-22-12-16(3-4-19(15)22)25(33)30-8-2-7-29)24-20(27)13-18(14-21(24)28)36(34,35)32-9-5-17(26)6-10-32/h3-4,11-14,17H,2,5-10,29H2,1H3,(H,30,33). The van der Waals surface area contributed by atoms with Crippen molar-refractivity contribution >= 4 is 26.8 Å². The van der Waals surface area contributed by atoms with Gasteiger partial charge >= 0.3 is 0 Å². The molecule has 4 rings (SSSR count). The molecule has 1 aromatic heterocycles. The van der Waals surface area contributed by atoms with Crippen molar-refractivity contribution in [2.24, 2.45) is 5.73 Å². The normalized spacial score (nSPS) is 15.4. The summed E-state index contributed by atoms with van der Waals surface area (Å²) in [6, 6.07) is 7.91. The van der Waals surface area contributed by atoms with Crippen molar-refractivity contribution in [3.8, 4) is 11.3 Å². The largest absolute Gasteiger partial charge is 0.352 e. The fourth-order valence-corrected chi connectivity index (χ4v) is 5.73. The molecular formula is C25H27F3N4O3S. The van der Waals surface area contributed by atoms with Crippen LogP contribution in [0.3, 0.4) is 0 Å². The summed E-state index contributed by atoms with van der Waals surface area (Å²) >= 11 is 0. The van der Waals surface area contributed by atoms with E-state index in [9.17, 15) is 17.6 Å². The predicted octanol–water partition coefficient (Wildman–Crippen LogP) is 3.69. The number of carbonyl (C=O) groups excluding carboxylic acids is 1. The van der Waals surface area contributed by atoms with Crippen LogP contribution in [0.5, 0.6) is 0 Å². The highest BCUT2D eigenvalue weighted by Crippen LogP contribution is 2.32. The average Bonchev–Trinajstić information content (AvgIpc) is 2.83. The molecular weight excluding hydrogens is 493 g/mol. The van der Waals surface area contributed by atoms with Crippen molar-refractivity contribution in [2.45, 2.75) is 37.3 Å². The van der Waals surface area contributed by atoms with Gasteiger partial charge in [0.05, 0.1) is 21.7 Å². The second-order valence-corrected chi connectivity index (χ2v) is 10.7. The molecule has 1 amide bonds. The maximum Gasteiger partial charge on any atom is 0.251 e. The summed E-state index contributed by atoms with van der Waals surface area (Å²) in [4.78, 5) is 16.3. The molecule has 3 aromatic rings. The highest BCUT2D eigenvalue weighted by Gasteiger charge is 2.31. The first-order valence-electron chi connectivity index (χ1n) is 11.6. The number of halogens is 3. The predicted molar refractivity (Wildman–Crippen MR) is 131 cm³/mol. The van der Waals surface area contributed by atoms with E-state index in [1.54, 1.807) is 19.1 Å². The zero-order valence-corrected chi connectivity index (χ0v) is 20.5. The van der Waals surface area contributed by atoms with Crippen LogP contribution in [-0.2, 0) is 10.0 Å². The van der Waals surface area contributed by atoms with Gasteiger partial charge in [0.15, 0.2) is 0 Å². The Bertz CT molecular complexity index is 1380. The lowest BCUT2D eigenvalue weighted by atomic mass is 10.0. The van der Waals surface area contributed by atoms with Crippen molar-refractivity contribution in [1.82, 2.24) is 14.6 Å². The molecule has 0 unspecified atom stereocenters. The summed E-state index contributed by atoms with van der Waals surface area (Å²) in [6.45, 7) is 2.49. The topological polar surface area (TPSA) is 105 Å². The first kappa shape index (κ1) is 26.1. The number of fused-ring (bicyclic) bond motifs is 1. The molecule has 0 radical (unpaired) electrons. The number of nitrogens with two attached hydrogens (primary N) is 1. The fourth-order valence-electron chi connectivity index (χ4n) is 4.24. The Kier molecular flexibility index (Phi) is 7.62. The van der Waals surface area contributed by atoms with Crippen LogP contribution in [0.4, 0.5) is 13.2 Å². The van der Waals surface area contributed by atoms with Gasteiger partial charge in [0.1, 0.15) is 17.8 Å². The molecule has 0 atom stereocenters. The van der Waals surface area contributed by atoms with E-state index in [-0.39, 0.29) is 37.5 Å². The number of sulfonamides is 1. The highest BCUT2D eigenvalue weighted by atomic mass is 32.2. The van der Waals surface area contributed by atoms with Crippen molar-refractivity contribution < 1.29 is 26.4 Å². The molecule has 2 aromatic carbocycles. The Morgan fingerprint density at radius 2 is 1.81 bits per heavy atom. The highest BCUT2D eigenvalue weighted by molar-refractivity contribution is 7.89. The molecule has 7 nitrogen and oxygen atoms in total. The lowest BCUT2D eigenvalue weighted by Crippen LogP contribution is -2.39. The van der Waals surface area contributed by atoms with E-state index in [2.05, 4.69) is 10.3 Å².